The fourth-order valence-corrected chi connectivity index (χ4v) is 3.10. The van der Waals surface area contributed by atoms with E-state index in [9.17, 15) is 4.79 Å². The van der Waals surface area contributed by atoms with Crippen LogP contribution in [0.25, 0.3) is 10.9 Å². The maximum Gasteiger partial charge on any atom is 0.276 e. The highest BCUT2D eigenvalue weighted by Gasteiger charge is 2.19. The summed E-state index contributed by atoms with van der Waals surface area (Å²) in [6.45, 7) is 3.16. The van der Waals surface area contributed by atoms with E-state index in [0.29, 0.717) is 24.7 Å². The van der Waals surface area contributed by atoms with Gasteiger partial charge in [0.2, 0.25) is 5.89 Å². The fraction of sp³-hybridized carbons (Fsp3) is 0.174. The Kier molecular flexibility index (Phi) is 5.52. The lowest BCUT2D eigenvalue weighted by atomic mass is 10.2. The van der Waals surface area contributed by atoms with Gasteiger partial charge in [0.25, 0.3) is 5.91 Å². The summed E-state index contributed by atoms with van der Waals surface area (Å²) in [5.41, 5.74) is 2.12. The molecule has 0 unspecified atom stereocenters. The van der Waals surface area contributed by atoms with Gasteiger partial charge in [-0.25, -0.2) is 4.98 Å². The molecule has 1 amide bonds. The number of carbonyl (C=O) groups is 1. The summed E-state index contributed by atoms with van der Waals surface area (Å²) in [6.07, 6.45) is 3.11. The summed E-state index contributed by atoms with van der Waals surface area (Å²) in [4.78, 5) is 23.2. The molecule has 146 valence electrons. The molecule has 0 spiro atoms. The zero-order valence-corrected chi connectivity index (χ0v) is 16.1. The standard InChI is InChI=1S/C23H21N3O3/c1-2-26(14-17-8-4-3-5-9-17)23(27)19-15-29-21(25-19)16-28-20-12-6-10-18-11-7-13-24-22(18)20/h3-13,15H,2,14,16H2,1H3. The number of oxazole rings is 1. The Bertz CT molecular complexity index is 1100. The van der Waals surface area contributed by atoms with Crippen LogP contribution in [-0.2, 0) is 13.2 Å². The lowest BCUT2D eigenvalue weighted by Gasteiger charge is -2.19. The zero-order valence-electron chi connectivity index (χ0n) is 16.1. The molecule has 0 aliphatic heterocycles. The van der Waals surface area contributed by atoms with Crippen LogP contribution in [0.15, 0.2) is 77.5 Å². The van der Waals surface area contributed by atoms with Crippen LogP contribution in [0, 0.1) is 0 Å². The molecule has 29 heavy (non-hydrogen) atoms. The average molecular weight is 387 g/mol. The lowest BCUT2D eigenvalue weighted by molar-refractivity contribution is 0.0746. The number of nitrogens with zero attached hydrogens (tertiary/aromatic N) is 3. The van der Waals surface area contributed by atoms with E-state index in [1.54, 1.807) is 11.1 Å². The summed E-state index contributed by atoms with van der Waals surface area (Å²) < 4.78 is 11.3. The number of carbonyl (C=O) groups excluding carboxylic acids is 1. The van der Waals surface area contributed by atoms with Crippen LogP contribution < -0.4 is 4.74 Å². The minimum Gasteiger partial charge on any atom is -0.482 e. The topological polar surface area (TPSA) is 68.5 Å². The molecule has 0 saturated carbocycles. The fourth-order valence-electron chi connectivity index (χ4n) is 3.10. The van der Waals surface area contributed by atoms with Gasteiger partial charge < -0.3 is 14.1 Å². The Hall–Kier alpha value is -3.67. The van der Waals surface area contributed by atoms with Gasteiger partial charge in [-0.05, 0) is 24.6 Å². The van der Waals surface area contributed by atoms with E-state index >= 15 is 0 Å². The van der Waals surface area contributed by atoms with E-state index in [0.717, 1.165) is 16.5 Å². The Morgan fingerprint density at radius 1 is 1.07 bits per heavy atom. The maximum absolute atomic E-state index is 12.8. The largest absolute Gasteiger partial charge is 0.482 e. The summed E-state index contributed by atoms with van der Waals surface area (Å²) in [5.74, 6) is 0.823. The normalized spacial score (nSPS) is 10.8. The van der Waals surface area contributed by atoms with Gasteiger partial charge in [0, 0.05) is 24.7 Å². The Morgan fingerprint density at radius 3 is 2.72 bits per heavy atom. The summed E-state index contributed by atoms with van der Waals surface area (Å²) in [5, 5.41) is 0.993. The van der Waals surface area contributed by atoms with Crippen LogP contribution >= 0.6 is 0 Å². The molecule has 4 aromatic rings. The number of pyridine rings is 1. The SMILES string of the molecule is CCN(Cc1ccccc1)C(=O)c1coc(COc2cccc3cccnc23)n1. The smallest absolute Gasteiger partial charge is 0.276 e. The third-order valence-corrected chi connectivity index (χ3v) is 4.60. The molecule has 0 aliphatic rings. The predicted molar refractivity (Wildman–Crippen MR) is 109 cm³/mol. The van der Waals surface area contributed by atoms with Crippen LogP contribution in [0.2, 0.25) is 0 Å². The zero-order chi connectivity index (χ0) is 20.1. The van der Waals surface area contributed by atoms with E-state index < -0.39 is 0 Å². The van der Waals surface area contributed by atoms with E-state index in [4.69, 9.17) is 9.15 Å². The molecule has 2 heterocycles. The van der Waals surface area contributed by atoms with E-state index in [1.165, 1.54) is 6.26 Å². The molecule has 2 aromatic carbocycles. The van der Waals surface area contributed by atoms with Crippen molar-refractivity contribution in [2.75, 3.05) is 6.54 Å². The highest BCUT2D eigenvalue weighted by molar-refractivity contribution is 5.92. The van der Waals surface area contributed by atoms with Crippen LogP contribution in [0.4, 0.5) is 0 Å². The highest BCUT2D eigenvalue weighted by Crippen LogP contribution is 2.23. The second-order valence-corrected chi connectivity index (χ2v) is 6.55. The van der Waals surface area contributed by atoms with Crippen molar-refractivity contribution in [1.82, 2.24) is 14.9 Å². The van der Waals surface area contributed by atoms with Gasteiger partial charge in [-0.15, -0.1) is 0 Å². The molecule has 0 N–H and O–H groups in total. The van der Waals surface area contributed by atoms with E-state index in [1.807, 2.05) is 67.6 Å². The van der Waals surface area contributed by atoms with Gasteiger partial charge in [-0.1, -0.05) is 48.5 Å². The van der Waals surface area contributed by atoms with Crippen LogP contribution in [-0.4, -0.2) is 27.3 Å². The molecule has 0 aliphatic carbocycles. The first kappa shape index (κ1) is 18.7. The molecular weight excluding hydrogens is 366 g/mol. The first-order chi connectivity index (χ1) is 14.2. The summed E-state index contributed by atoms with van der Waals surface area (Å²) in [7, 11) is 0. The first-order valence-electron chi connectivity index (χ1n) is 9.48. The van der Waals surface area contributed by atoms with Crippen molar-refractivity contribution in [3.8, 4) is 5.75 Å². The van der Waals surface area contributed by atoms with Gasteiger partial charge in [-0.2, -0.15) is 0 Å². The number of hydrogen-bond acceptors (Lipinski definition) is 5. The predicted octanol–water partition coefficient (Wildman–Crippen LogP) is 4.46. The Morgan fingerprint density at radius 2 is 1.90 bits per heavy atom. The van der Waals surface area contributed by atoms with Gasteiger partial charge in [-0.3, -0.25) is 9.78 Å². The molecule has 6 heteroatoms. The average Bonchev–Trinajstić information content (AvgIpc) is 3.25. The number of ether oxygens (including phenoxy) is 1. The lowest BCUT2D eigenvalue weighted by Crippen LogP contribution is -2.30. The molecule has 2 aromatic heterocycles. The van der Waals surface area contributed by atoms with Gasteiger partial charge in [0.05, 0.1) is 0 Å². The van der Waals surface area contributed by atoms with Crippen molar-refractivity contribution in [3.05, 3.63) is 90.3 Å². The number of hydrogen-bond donors (Lipinski definition) is 0. The third-order valence-electron chi connectivity index (χ3n) is 4.60. The second kappa shape index (κ2) is 8.56. The van der Waals surface area contributed by atoms with Crippen molar-refractivity contribution in [2.24, 2.45) is 0 Å². The number of rotatable bonds is 7. The molecule has 0 saturated heterocycles. The molecule has 4 rings (SSSR count). The van der Waals surface area contributed by atoms with Crippen molar-refractivity contribution < 1.29 is 13.9 Å². The number of aromatic nitrogens is 2. The second-order valence-electron chi connectivity index (χ2n) is 6.55. The Labute approximate surface area is 168 Å². The summed E-state index contributed by atoms with van der Waals surface area (Å²) >= 11 is 0. The molecule has 0 bridgehead atoms. The van der Waals surface area contributed by atoms with E-state index in [2.05, 4.69) is 9.97 Å². The number of fused-ring (bicyclic) bond motifs is 1. The molecule has 6 nitrogen and oxygen atoms in total. The number of benzene rings is 2. The number of para-hydroxylation sites is 1. The molecular formula is C23H21N3O3. The maximum atomic E-state index is 12.8. The number of amides is 1. The van der Waals surface area contributed by atoms with Crippen LogP contribution in [0.5, 0.6) is 5.75 Å². The molecule has 0 fully saturated rings. The van der Waals surface area contributed by atoms with Crippen molar-refractivity contribution in [1.29, 1.82) is 0 Å². The monoisotopic (exact) mass is 387 g/mol. The van der Waals surface area contributed by atoms with Crippen LogP contribution in [0.1, 0.15) is 28.9 Å². The molecule has 0 atom stereocenters. The van der Waals surface area contributed by atoms with Gasteiger partial charge in [0.15, 0.2) is 12.3 Å². The minimum atomic E-state index is -0.168. The highest BCUT2D eigenvalue weighted by atomic mass is 16.5. The van der Waals surface area contributed by atoms with Gasteiger partial charge >= 0.3 is 0 Å². The minimum absolute atomic E-state index is 0.119. The van der Waals surface area contributed by atoms with E-state index in [-0.39, 0.29) is 18.2 Å². The quantitative estimate of drug-likeness (QED) is 0.468. The first-order valence-corrected chi connectivity index (χ1v) is 9.48. The van der Waals surface area contributed by atoms with Crippen molar-refractivity contribution >= 4 is 16.8 Å². The third kappa shape index (κ3) is 4.27. The Balaban J connectivity index is 1.44. The van der Waals surface area contributed by atoms with Crippen molar-refractivity contribution in [2.45, 2.75) is 20.1 Å². The molecule has 0 radical (unpaired) electrons. The van der Waals surface area contributed by atoms with Crippen LogP contribution in [0.3, 0.4) is 0 Å². The summed E-state index contributed by atoms with van der Waals surface area (Å²) in [6, 6.07) is 19.5. The van der Waals surface area contributed by atoms with Crippen molar-refractivity contribution in [3.63, 3.8) is 0 Å². The van der Waals surface area contributed by atoms with Gasteiger partial charge in [0.1, 0.15) is 17.5 Å².